The van der Waals surface area contributed by atoms with Gasteiger partial charge in [0.1, 0.15) is 0 Å². The molecule has 0 saturated carbocycles. The first kappa shape index (κ1) is 15.4. The van der Waals surface area contributed by atoms with Crippen LogP contribution in [0.4, 0.5) is 5.95 Å². The Kier molecular flexibility index (Phi) is 6.81. The van der Waals surface area contributed by atoms with E-state index in [9.17, 15) is 4.79 Å². The van der Waals surface area contributed by atoms with Gasteiger partial charge in [-0.2, -0.15) is 0 Å². The van der Waals surface area contributed by atoms with E-state index in [1.54, 1.807) is 19.5 Å². The maximum absolute atomic E-state index is 11.8. The summed E-state index contributed by atoms with van der Waals surface area (Å²) in [5, 5.41) is 2.80. The summed E-state index contributed by atoms with van der Waals surface area (Å²) in [6.45, 7) is 7.01. The van der Waals surface area contributed by atoms with Crippen LogP contribution < -0.4 is 10.2 Å². The zero-order valence-corrected chi connectivity index (χ0v) is 11.8. The summed E-state index contributed by atoms with van der Waals surface area (Å²) in [5.74, 6) is 0.503. The molecular formula is C13H22N4O2. The topological polar surface area (TPSA) is 67.4 Å². The van der Waals surface area contributed by atoms with Crippen molar-refractivity contribution < 1.29 is 9.53 Å². The molecule has 0 radical (unpaired) electrons. The van der Waals surface area contributed by atoms with Crippen LogP contribution in [-0.2, 0) is 4.74 Å². The van der Waals surface area contributed by atoms with Crippen LogP contribution in [-0.4, -0.2) is 49.2 Å². The van der Waals surface area contributed by atoms with Gasteiger partial charge in [0.05, 0.1) is 5.56 Å². The van der Waals surface area contributed by atoms with Crippen LogP contribution in [0.5, 0.6) is 0 Å². The maximum atomic E-state index is 11.8. The summed E-state index contributed by atoms with van der Waals surface area (Å²) >= 11 is 0. The fourth-order valence-electron chi connectivity index (χ4n) is 1.63. The van der Waals surface area contributed by atoms with Crippen molar-refractivity contribution in [1.82, 2.24) is 15.3 Å². The summed E-state index contributed by atoms with van der Waals surface area (Å²) in [4.78, 5) is 22.2. The van der Waals surface area contributed by atoms with Gasteiger partial charge in [0.2, 0.25) is 5.95 Å². The lowest BCUT2D eigenvalue weighted by Gasteiger charge is -2.17. The molecule has 0 spiro atoms. The number of aromatic nitrogens is 2. The minimum atomic E-state index is -0.151. The van der Waals surface area contributed by atoms with Crippen molar-refractivity contribution in [3.05, 3.63) is 18.0 Å². The first-order valence-electron chi connectivity index (χ1n) is 6.57. The second kappa shape index (κ2) is 8.42. The van der Waals surface area contributed by atoms with Crippen LogP contribution in [0.2, 0.25) is 0 Å². The number of hydrogen-bond acceptors (Lipinski definition) is 5. The molecule has 0 aliphatic rings. The molecular weight excluding hydrogens is 244 g/mol. The molecule has 0 fully saturated rings. The lowest BCUT2D eigenvalue weighted by molar-refractivity contribution is 0.0948. The van der Waals surface area contributed by atoms with E-state index in [0.717, 1.165) is 19.5 Å². The van der Waals surface area contributed by atoms with Gasteiger partial charge in [-0.05, 0) is 20.3 Å². The summed E-state index contributed by atoms with van der Waals surface area (Å²) in [7, 11) is 1.64. The van der Waals surface area contributed by atoms with Gasteiger partial charge < -0.3 is 15.0 Å². The third-order valence-corrected chi connectivity index (χ3v) is 2.76. The average Bonchev–Trinajstić information content (AvgIpc) is 2.45. The first-order chi connectivity index (χ1) is 9.22. The maximum Gasteiger partial charge on any atom is 0.254 e. The van der Waals surface area contributed by atoms with E-state index in [4.69, 9.17) is 4.74 Å². The van der Waals surface area contributed by atoms with Crippen molar-refractivity contribution in [3.63, 3.8) is 0 Å². The molecule has 0 aliphatic carbocycles. The fourth-order valence-corrected chi connectivity index (χ4v) is 1.63. The van der Waals surface area contributed by atoms with Crippen LogP contribution in [0, 0.1) is 0 Å². The van der Waals surface area contributed by atoms with E-state index in [2.05, 4.69) is 15.3 Å². The van der Waals surface area contributed by atoms with Crippen LogP contribution in [0.1, 0.15) is 30.6 Å². The van der Waals surface area contributed by atoms with E-state index in [-0.39, 0.29) is 5.91 Å². The van der Waals surface area contributed by atoms with Crippen molar-refractivity contribution in [3.8, 4) is 0 Å². The van der Waals surface area contributed by atoms with Crippen molar-refractivity contribution in [1.29, 1.82) is 0 Å². The molecule has 0 atom stereocenters. The molecule has 6 heteroatoms. The molecule has 19 heavy (non-hydrogen) atoms. The van der Waals surface area contributed by atoms with Gasteiger partial charge in [0, 0.05) is 45.7 Å². The third-order valence-electron chi connectivity index (χ3n) is 2.76. The summed E-state index contributed by atoms with van der Waals surface area (Å²) < 4.78 is 4.91. The van der Waals surface area contributed by atoms with E-state index < -0.39 is 0 Å². The first-order valence-corrected chi connectivity index (χ1v) is 6.57. The second-order valence-corrected chi connectivity index (χ2v) is 4.05. The van der Waals surface area contributed by atoms with Gasteiger partial charge in [0.25, 0.3) is 5.91 Å². The minimum Gasteiger partial charge on any atom is -0.385 e. The molecule has 0 unspecified atom stereocenters. The summed E-state index contributed by atoms with van der Waals surface area (Å²) in [6.07, 6.45) is 3.92. The number of methoxy groups -OCH3 is 1. The molecule has 106 valence electrons. The number of carbonyl (C=O) groups excluding carboxylic acids is 1. The van der Waals surface area contributed by atoms with E-state index in [1.165, 1.54) is 0 Å². The lowest BCUT2D eigenvalue weighted by Crippen LogP contribution is -2.27. The Balaban J connectivity index is 2.53. The predicted molar refractivity (Wildman–Crippen MR) is 74.4 cm³/mol. The Morgan fingerprint density at radius 3 is 2.47 bits per heavy atom. The molecule has 0 saturated heterocycles. The van der Waals surface area contributed by atoms with E-state index >= 15 is 0 Å². The zero-order valence-electron chi connectivity index (χ0n) is 11.8. The highest BCUT2D eigenvalue weighted by Gasteiger charge is 2.09. The highest BCUT2D eigenvalue weighted by molar-refractivity contribution is 5.93. The lowest BCUT2D eigenvalue weighted by atomic mass is 10.3. The molecule has 1 N–H and O–H groups in total. The Hall–Kier alpha value is -1.69. The van der Waals surface area contributed by atoms with Crippen LogP contribution >= 0.6 is 0 Å². The number of rotatable bonds is 8. The number of hydrogen-bond donors (Lipinski definition) is 1. The Labute approximate surface area is 114 Å². The standard InChI is InChI=1S/C13H22N4O2/c1-4-17(5-2)13-15-9-11(10-16-13)12(18)14-7-6-8-19-3/h9-10H,4-8H2,1-3H3,(H,14,18). The van der Waals surface area contributed by atoms with E-state index in [0.29, 0.717) is 24.7 Å². The van der Waals surface area contributed by atoms with Crippen LogP contribution in [0.15, 0.2) is 12.4 Å². The van der Waals surface area contributed by atoms with Gasteiger partial charge in [-0.1, -0.05) is 0 Å². The number of anilines is 1. The molecule has 1 aromatic rings. The molecule has 1 aromatic heterocycles. The Bertz CT molecular complexity index is 377. The third kappa shape index (κ3) is 4.82. The van der Waals surface area contributed by atoms with Gasteiger partial charge in [-0.25, -0.2) is 9.97 Å². The monoisotopic (exact) mass is 266 g/mol. The molecule has 0 bridgehead atoms. The summed E-state index contributed by atoms with van der Waals surface area (Å²) in [5.41, 5.74) is 0.480. The predicted octanol–water partition coefficient (Wildman–Crippen LogP) is 1.09. The largest absolute Gasteiger partial charge is 0.385 e. The van der Waals surface area contributed by atoms with Crippen molar-refractivity contribution in [2.45, 2.75) is 20.3 Å². The molecule has 0 aliphatic heterocycles. The average molecular weight is 266 g/mol. The number of nitrogens with one attached hydrogen (secondary N) is 1. The number of ether oxygens (including phenoxy) is 1. The van der Waals surface area contributed by atoms with Crippen molar-refractivity contribution >= 4 is 11.9 Å². The van der Waals surface area contributed by atoms with Crippen molar-refractivity contribution in [2.75, 3.05) is 38.3 Å². The highest BCUT2D eigenvalue weighted by Crippen LogP contribution is 2.06. The number of amides is 1. The van der Waals surface area contributed by atoms with Crippen LogP contribution in [0.3, 0.4) is 0 Å². The smallest absolute Gasteiger partial charge is 0.254 e. The normalized spacial score (nSPS) is 10.3. The van der Waals surface area contributed by atoms with Gasteiger partial charge >= 0.3 is 0 Å². The van der Waals surface area contributed by atoms with Crippen LogP contribution in [0.25, 0.3) is 0 Å². The van der Waals surface area contributed by atoms with Gasteiger partial charge in [-0.15, -0.1) is 0 Å². The van der Waals surface area contributed by atoms with Gasteiger partial charge in [-0.3, -0.25) is 4.79 Å². The fraction of sp³-hybridized carbons (Fsp3) is 0.615. The Morgan fingerprint density at radius 2 is 1.95 bits per heavy atom. The molecule has 1 heterocycles. The number of nitrogens with zero attached hydrogens (tertiary/aromatic N) is 3. The number of carbonyl (C=O) groups is 1. The molecule has 1 amide bonds. The SMILES string of the molecule is CCN(CC)c1ncc(C(=O)NCCCOC)cn1. The quantitative estimate of drug-likeness (QED) is 0.713. The molecule has 1 rings (SSSR count). The molecule has 6 nitrogen and oxygen atoms in total. The minimum absolute atomic E-state index is 0.151. The zero-order chi connectivity index (χ0) is 14.1. The second-order valence-electron chi connectivity index (χ2n) is 4.05. The summed E-state index contributed by atoms with van der Waals surface area (Å²) in [6, 6.07) is 0. The van der Waals surface area contributed by atoms with E-state index in [1.807, 2.05) is 18.7 Å². The van der Waals surface area contributed by atoms with Gasteiger partial charge in [0.15, 0.2) is 0 Å². The highest BCUT2D eigenvalue weighted by atomic mass is 16.5. The Morgan fingerprint density at radius 1 is 1.32 bits per heavy atom. The van der Waals surface area contributed by atoms with Crippen molar-refractivity contribution in [2.24, 2.45) is 0 Å². The molecule has 0 aromatic carbocycles.